The number of rotatable bonds is 8. The maximum Gasteiger partial charge on any atom is 0.323 e. The number of sulfonamides is 1. The van der Waals surface area contributed by atoms with E-state index in [-0.39, 0.29) is 13.1 Å². The van der Waals surface area contributed by atoms with Gasteiger partial charge in [0.1, 0.15) is 16.8 Å². The number of carbonyl (C=O) groups is 1. The van der Waals surface area contributed by atoms with Gasteiger partial charge in [-0.15, -0.1) is 0 Å². The minimum Gasteiger partial charge on any atom is -0.480 e. The Morgan fingerprint density at radius 3 is 2.60 bits per heavy atom. The molecule has 8 heteroatoms. The van der Waals surface area contributed by atoms with Crippen molar-refractivity contribution in [2.75, 3.05) is 26.2 Å². The largest absolute Gasteiger partial charge is 0.480 e. The quantitative estimate of drug-likeness (QED) is 0.708. The van der Waals surface area contributed by atoms with Crippen LogP contribution in [0.15, 0.2) is 29.2 Å². The minimum absolute atomic E-state index is 0.0431. The summed E-state index contributed by atoms with van der Waals surface area (Å²) in [7, 11) is -4.19. The third-order valence-electron chi connectivity index (χ3n) is 4.45. The molecule has 1 aliphatic heterocycles. The van der Waals surface area contributed by atoms with Crippen LogP contribution in [0.25, 0.3) is 0 Å². The summed E-state index contributed by atoms with van der Waals surface area (Å²) >= 11 is 0. The lowest BCUT2D eigenvalue weighted by atomic mass is 10.1. The van der Waals surface area contributed by atoms with Gasteiger partial charge in [0.15, 0.2) is 0 Å². The van der Waals surface area contributed by atoms with E-state index in [2.05, 4.69) is 6.92 Å². The number of unbranched alkanes of at least 4 members (excludes halogenated alkanes) is 3. The van der Waals surface area contributed by atoms with Gasteiger partial charge in [0, 0.05) is 19.6 Å². The predicted molar refractivity (Wildman–Crippen MR) is 92.3 cm³/mol. The molecule has 25 heavy (non-hydrogen) atoms. The molecule has 1 aliphatic rings. The maximum absolute atomic E-state index is 13.9. The molecule has 1 unspecified atom stereocenters. The standard InChI is InChI=1S/C17H25FN2O4S/c1-2-3-4-7-10-19-11-12-20(15(13-19)17(21)22)25(23,24)16-9-6-5-8-14(16)18/h5-6,8-9,15H,2-4,7,10-13H2,1H3,(H,21,22). The van der Waals surface area contributed by atoms with Gasteiger partial charge in [0.2, 0.25) is 10.0 Å². The Morgan fingerprint density at radius 1 is 1.24 bits per heavy atom. The van der Waals surface area contributed by atoms with E-state index in [1.807, 2.05) is 4.90 Å². The summed E-state index contributed by atoms with van der Waals surface area (Å²) in [4.78, 5) is 13.1. The highest BCUT2D eigenvalue weighted by Gasteiger charge is 2.40. The molecule has 1 aromatic carbocycles. The molecule has 0 bridgehead atoms. The Morgan fingerprint density at radius 2 is 1.96 bits per heavy atom. The van der Waals surface area contributed by atoms with Crippen LogP contribution in [-0.4, -0.2) is 60.9 Å². The summed E-state index contributed by atoms with van der Waals surface area (Å²) in [6.45, 7) is 3.48. The fraction of sp³-hybridized carbons (Fsp3) is 0.588. The number of carboxylic acid groups (broad SMARTS) is 1. The number of hydrogen-bond acceptors (Lipinski definition) is 4. The van der Waals surface area contributed by atoms with Crippen molar-refractivity contribution in [3.8, 4) is 0 Å². The summed E-state index contributed by atoms with van der Waals surface area (Å²) in [6, 6.07) is 3.85. The molecule has 1 aromatic rings. The van der Waals surface area contributed by atoms with Crippen LogP contribution in [-0.2, 0) is 14.8 Å². The van der Waals surface area contributed by atoms with Gasteiger partial charge in [-0.3, -0.25) is 9.69 Å². The second-order valence-electron chi connectivity index (χ2n) is 6.26. The van der Waals surface area contributed by atoms with E-state index in [1.165, 1.54) is 18.2 Å². The van der Waals surface area contributed by atoms with Crippen LogP contribution in [0.5, 0.6) is 0 Å². The fourth-order valence-corrected chi connectivity index (χ4v) is 4.69. The van der Waals surface area contributed by atoms with Crippen LogP contribution in [0.1, 0.15) is 32.6 Å². The predicted octanol–water partition coefficient (Wildman–Crippen LogP) is 2.17. The molecule has 0 spiro atoms. The minimum atomic E-state index is -4.19. The van der Waals surface area contributed by atoms with Gasteiger partial charge in [-0.1, -0.05) is 38.3 Å². The van der Waals surface area contributed by atoms with E-state index >= 15 is 0 Å². The van der Waals surface area contributed by atoms with Crippen molar-refractivity contribution < 1.29 is 22.7 Å². The molecule has 0 amide bonds. The van der Waals surface area contributed by atoms with Crippen LogP contribution in [0.4, 0.5) is 4.39 Å². The highest BCUT2D eigenvalue weighted by Crippen LogP contribution is 2.24. The molecule has 6 nitrogen and oxygen atoms in total. The Kier molecular flexibility index (Phi) is 6.92. The summed E-state index contributed by atoms with van der Waals surface area (Å²) in [5.74, 6) is -2.08. The zero-order valence-corrected chi connectivity index (χ0v) is 15.2. The number of carboxylic acids is 1. The molecule has 0 saturated carbocycles. The molecule has 1 atom stereocenters. The number of piperazine rings is 1. The molecular formula is C17H25FN2O4S. The first-order valence-corrected chi connectivity index (χ1v) is 10.0. The third kappa shape index (κ3) is 4.77. The average molecular weight is 372 g/mol. The fourth-order valence-electron chi connectivity index (χ4n) is 3.06. The zero-order valence-electron chi connectivity index (χ0n) is 14.4. The van der Waals surface area contributed by atoms with Crippen molar-refractivity contribution in [2.45, 2.75) is 43.5 Å². The molecule has 1 fully saturated rings. The maximum atomic E-state index is 13.9. The molecule has 0 radical (unpaired) electrons. The van der Waals surface area contributed by atoms with Crippen molar-refractivity contribution in [3.05, 3.63) is 30.1 Å². The van der Waals surface area contributed by atoms with Crippen molar-refractivity contribution in [3.63, 3.8) is 0 Å². The molecule has 0 aliphatic carbocycles. The number of halogens is 1. The number of aliphatic carboxylic acids is 1. The number of hydrogen-bond donors (Lipinski definition) is 1. The van der Waals surface area contributed by atoms with E-state index in [1.54, 1.807) is 0 Å². The lowest BCUT2D eigenvalue weighted by Gasteiger charge is -2.38. The van der Waals surface area contributed by atoms with Gasteiger partial charge < -0.3 is 5.11 Å². The van der Waals surface area contributed by atoms with E-state index in [4.69, 9.17) is 0 Å². The molecular weight excluding hydrogens is 347 g/mol. The van der Waals surface area contributed by atoms with E-state index in [9.17, 15) is 22.7 Å². The van der Waals surface area contributed by atoms with Gasteiger partial charge in [-0.2, -0.15) is 4.31 Å². The molecule has 2 rings (SSSR count). The molecule has 1 saturated heterocycles. The topological polar surface area (TPSA) is 77.9 Å². The first kappa shape index (κ1) is 19.8. The van der Waals surface area contributed by atoms with Gasteiger partial charge in [0.05, 0.1) is 0 Å². The molecule has 1 N–H and O–H groups in total. The Labute approximate surface area is 148 Å². The zero-order chi connectivity index (χ0) is 18.4. The second-order valence-corrected chi connectivity index (χ2v) is 8.12. The van der Waals surface area contributed by atoms with Crippen molar-refractivity contribution in [1.82, 2.24) is 9.21 Å². The van der Waals surface area contributed by atoms with Crippen LogP contribution < -0.4 is 0 Å². The summed E-state index contributed by atoms with van der Waals surface area (Å²) in [5.41, 5.74) is 0. The van der Waals surface area contributed by atoms with Gasteiger partial charge >= 0.3 is 5.97 Å². The third-order valence-corrected chi connectivity index (χ3v) is 6.39. The van der Waals surface area contributed by atoms with Crippen LogP contribution in [0.3, 0.4) is 0 Å². The van der Waals surface area contributed by atoms with Crippen LogP contribution >= 0.6 is 0 Å². The Bertz CT molecular complexity index is 696. The van der Waals surface area contributed by atoms with Crippen molar-refractivity contribution >= 4 is 16.0 Å². The molecule has 0 aromatic heterocycles. The van der Waals surface area contributed by atoms with Crippen LogP contribution in [0, 0.1) is 5.82 Å². The van der Waals surface area contributed by atoms with Gasteiger partial charge in [-0.05, 0) is 25.1 Å². The smallest absolute Gasteiger partial charge is 0.323 e. The monoisotopic (exact) mass is 372 g/mol. The van der Waals surface area contributed by atoms with E-state index < -0.39 is 32.7 Å². The van der Waals surface area contributed by atoms with Crippen molar-refractivity contribution in [1.29, 1.82) is 0 Å². The highest BCUT2D eigenvalue weighted by molar-refractivity contribution is 7.89. The average Bonchev–Trinajstić information content (AvgIpc) is 2.58. The SMILES string of the molecule is CCCCCCN1CCN(S(=O)(=O)c2ccccc2F)C(C(=O)O)C1. The first-order valence-electron chi connectivity index (χ1n) is 8.59. The van der Waals surface area contributed by atoms with E-state index in [0.29, 0.717) is 6.54 Å². The molecule has 140 valence electrons. The highest BCUT2D eigenvalue weighted by atomic mass is 32.2. The van der Waals surface area contributed by atoms with Gasteiger partial charge in [0.25, 0.3) is 0 Å². The molecule has 1 heterocycles. The first-order chi connectivity index (χ1) is 11.9. The lowest BCUT2D eigenvalue weighted by Crippen LogP contribution is -2.58. The van der Waals surface area contributed by atoms with Crippen molar-refractivity contribution in [2.24, 2.45) is 0 Å². The normalized spacial score (nSPS) is 19.8. The number of nitrogens with zero attached hydrogens (tertiary/aromatic N) is 2. The lowest BCUT2D eigenvalue weighted by molar-refractivity contribution is -0.143. The summed E-state index contributed by atoms with van der Waals surface area (Å²) in [5, 5.41) is 9.49. The van der Waals surface area contributed by atoms with E-state index in [0.717, 1.165) is 42.6 Å². The summed E-state index contributed by atoms with van der Waals surface area (Å²) < 4.78 is 40.3. The number of benzene rings is 1. The Balaban J connectivity index is 2.13. The summed E-state index contributed by atoms with van der Waals surface area (Å²) in [6.07, 6.45) is 4.28. The Hall–Kier alpha value is -1.51. The van der Waals surface area contributed by atoms with Gasteiger partial charge in [-0.25, -0.2) is 12.8 Å². The van der Waals surface area contributed by atoms with Crippen LogP contribution in [0.2, 0.25) is 0 Å². The second kappa shape index (κ2) is 8.73.